The van der Waals surface area contributed by atoms with Crippen LogP contribution in [0.5, 0.6) is 5.75 Å². The van der Waals surface area contributed by atoms with Crippen LogP contribution in [0.25, 0.3) is 0 Å². The summed E-state index contributed by atoms with van der Waals surface area (Å²) in [5.41, 5.74) is 2.03. The molecule has 0 amide bonds. The number of ketones is 1. The SMILES string of the molecule is CCc1ccccc1OCCCSc1ccc(C(C)=O)cc1. The Morgan fingerprint density at radius 3 is 2.50 bits per heavy atom. The molecule has 0 aliphatic heterocycles. The molecular weight excluding hydrogens is 292 g/mol. The third-order valence-electron chi connectivity index (χ3n) is 3.43. The summed E-state index contributed by atoms with van der Waals surface area (Å²) in [5.74, 6) is 2.12. The van der Waals surface area contributed by atoms with Crippen LogP contribution < -0.4 is 4.74 Å². The zero-order valence-corrected chi connectivity index (χ0v) is 14.0. The largest absolute Gasteiger partial charge is 0.493 e. The van der Waals surface area contributed by atoms with E-state index in [0.717, 1.165) is 36.5 Å². The third-order valence-corrected chi connectivity index (χ3v) is 4.53. The number of para-hydroxylation sites is 1. The van der Waals surface area contributed by atoms with Crippen molar-refractivity contribution in [3.8, 4) is 5.75 Å². The third kappa shape index (κ3) is 4.92. The average Bonchev–Trinajstić information content (AvgIpc) is 2.55. The predicted molar refractivity (Wildman–Crippen MR) is 93.1 cm³/mol. The fourth-order valence-corrected chi connectivity index (χ4v) is 2.98. The molecule has 0 bridgehead atoms. The van der Waals surface area contributed by atoms with E-state index in [-0.39, 0.29) is 5.78 Å². The van der Waals surface area contributed by atoms with E-state index in [1.165, 1.54) is 10.5 Å². The molecule has 0 unspecified atom stereocenters. The van der Waals surface area contributed by atoms with Crippen LogP contribution in [0.1, 0.15) is 36.2 Å². The van der Waals surface area contributed by atoms with E-state index in [0.29, 0.717) is 0 Å². The van der Waals surface area contributed by atoms with Crippen LogP contribution in [-0.4, -0.2) is 18.1 Å². The molecular formula is C19H22O2S. The first-order valence-electron chi connectivity index (χ1n) is 7.65. The number of aryl methyl sites for hydroxylation is 1. The lowest BCUT2D eigenvalue weighted by Gasteiger charge is -2.10. The van der Waals surface area contributed by atoms with E-state index in [1.807, 2.05) is 42.5 Å². The molecule has 0 radical (unpaired) electrons. The Balaban J connectivity index is 1.72. The number of Topliss-reactive ketones (excluding diaryl/α,β-unsaturated/α-hetero) is 1. The predicted octanol–water partition coefficient (Wildman–Crippen LogP) is 5.01. The first-order valence-corrected chi connectivity index (χ1v) is 8.63. The van der Waals surface area contributed by atoms with Crippen molar-refractivity contribution in [1.29, 1.82) is 0 Å². The minimum absolute atomic E-state index is 0.111. The van der Waals surface area contributed by atoms with Gasteiger partial charge >= 0.3 is 0 Å². The smallest absolute Gasteiger partial charge is 0.159 e. The summed E-state index contributed by atoms with van der Waals surface area (Å²) in [6.45, 7) is 4.46. The summed E-state index contributed by atoms with van der Waals surface area (Å²) in [7, 11) is 0. The molecule has 0 saturated carbocycles. The topological polar surface area (TPSA) is 26.3 Å². The summed E-state index contributed by atoms with van der Waals surface area (Å²) < 4.78 is 5.86. The van der Waals surface area contributed by atoms with Crippen molar-refractivity contribution in [2.45, 2.75) is 31.6 Å². The van der Waals surface area contributed by atoms with Crippen LogP contribution in [0, 0.1) is 0 Å². The van der Waals surface area contributed by atoms with Gasteiger partial charge in [-0.05, 0) is 43.5 Å². The molecule has 0 aromatic heterocycles. The molecule has 2 aromatic rings. The highest BCUT2D eigenvalue weighted by Gasteiger charge is 2.01. The second kappa shape index (κ2) is 8.64. The van der Waals surface area contributed by atoms with Gasteiger partial charge in [0.05, 0.1) is 6.61 Å². The second-order valence-corrected chi connectivity index (χ2v) is 6.26. The molecule has 22 heavy (non-hydrogen) atoms. The van der Waals surface area contributed by atoms with Gasteiger partial charge in [-0.3, -0.25) is 4.79 Å². The second-order valence-electron chi connectivity index (χ2n) is 5.09. The van der Waals surface area contributed by atoms with Gasteiger partial charge in [0.15, 0.2) is 5.78 Å². The summed E-state index contributed by atoms with van der Waals surface area (Å²) in [5, 5.41) is 0. The maximum absolute atomic E-state index is 11.2. The number of hydrogen-bond acceptors (Lipinski definition) is 3. The fraction of sp³-hybridized carbons (Fsp3) is 0.316. The quantitative estimate of drug-likeness (QED) is 0.389. The lowest BCUT2D eigenvalue weighted by Crippen LogP contribution is -2.01. The summed E-state index contributed by atoms with van der Waals surface area (Å²) in [4.78, 5) is 12.4. The molecule has 0 fully saturated rings. The lowest BCUT2D eigenvalue weighted by molar-refractivity contribution is 0.101. The highest BCUT2D eigenvalue weighted by atomic mass is 32.2. The number of carbonyl (C=O) groups is 1. The van der Waals surface area contributed by atoms with Crippen molar-refractivity contribution in [2.75, 3.05) is 12.4 Å². The van der Waals surface area contributed by atoms with Crippen molar-refractivity contribution in [3.63, 3.8) is 0 Å². The number of thioether (sulfide) groups is 1. The highest BCUT2D eigenvalue weighted by molar-refractivity contribution is 7.99. The summed E-state index contributed by atoms with van der Waals surface area (Å²) >= 11 is 1.79. The number of rotatable bonds is 8. The normalized spacial score (nSPS) is 10.5. The van der Waals surface area contributed by atoms with Gasteiger partial charge in [0.2, 0.25) is 0 Å². The van der Waals surface area contributed by atoms with E-state index in [9.17, 15) is 4.79 Å². The number of benzene rings is 2. The number of hydrogen-bond donors (Lipinski definition) is 0. The molecule has 116 valence electrons. The van der Waals surface area contributed by atoms with Gasteiger partial charge in [-0.15, -0.1) is 11.8 Å². The van der Waals surface area contributed by atoms with Crippen molar-refractivity contribution >= 4 is 17.5 Å². The Morgan fingerprint density at radius 2 is 1.82 bits per heavy atom. The molecule has 0 atom stereocenters. The molecule has 0 N–H and O–H groups in total. The first kappa shape index (κ1) is 16.6. The maximum atomic E-state index is 11.2. The van der Waals surface area contributed by atoms with E-state index >= 15 is 0 Å². The fourth-order valence-electron chi connectivity index (χ4n) is 2.15. The van der Waals surface area contributed by atoms with Crippen LogP contribution in [0.3, 0.4) is 0 Å². The van der Waals surface area contributed by atoms with Crippen LogP contribution >= 0.6 is 11.8 Å². The molecule has 0 spiro atoms. The van der Waals surface area contributed by atoms with E-state index < -0.39 is 0 Å². The minimum Gasteiger partial charge on any atom is -0.493 e. The number of carbonyl (C=O) groups excluding carboxylic acids is 1. The molecule has 2 rings (SSSR count). The Morgan fingerprint density at radius 1 is 1.09 bits per heavy atom. The van der Waals surface area contributed by atoms with Crippen molar-refractivity contribution in [2.24, 2.45) is 0 Å². The van der Waals surface area contributed by atoms with Crippen molar-refractivity contribution in [1.82, 2.24) is 0 Å². The molecule has 0 heterocycles. The van der Waals surface area contributed by atoms with Crippen molar-refractivity contribution < 1.29 is 9.53 Å². The van der Waals surface area contributed by atoms with Gasteiger partial charge in [-0.1, -0.05) is 37.3 Å². The molecule has 3 heteroatoms. The van der Waals surface area contributed by atoms with Crippen LogP contribution in [0.2, 0.25) is 0 Å². The lowest BCUT2D eigenvalue weighted by atomic mass is 10.1. The highest BCUT2D eigenvalue weighted by Crippen LogP contribution is 2.21. The standard InChI is InChI=1S/C19H22O2S/c1-3-16-7-4-5-8-19(16)21-13-6-14-22-18-11-9-17(10-12-18)15(2)20/h4-5,7-12H,3,6,13-14H2,1-2H3. The van der Waals surface area contributed by atoms with E-state index in [4.69, 9.17) is 4.74 Å². The van der Waals surface area contributed by atoms with E-state index in [1.54, 1.807) is 18.7 Å². The summed E-state index contributed by atoms with van der Waals surface area (Å²) in [6, 6.07) is 16.0. The van der Waals surface area contributed by atoms with Crippen molar-refractivity contribution in [3.05, 3.63) is 59.7 Å². The van der Waals surface area contributed by atoms with Crippen LogP contribution in [0.4, 0.5) is 0 Å². The molecule has 0 aliphatic carbocycles. The van der Waals surface area contributed by atoms with Gasteiger partial charge in [-0.2, -0.15) is 0 Å². The summed E-state index contributed by atoms with van der Waals surface area (Å²) in [6.07, 6.45) is 1.99. The molecule has 0 saturated heterocycles. The monoisotopic (exact) mass is 314 g/mol. The zero-order valence-electron chi connectivity index (χ0n) is 13.2. The Bertz CT molecular complexity index is 605. The van der Waals surface area contributed by atoms with Gasteiger partial charge in [0.25, 0.3) is 0 Å². The molecule has 0 aliphatic rings. The first-order chi connectivity index (χ1) is 10.7. The van der Waals surface area contributed by atoms with Crippen LogP contribution in [0.15, 0.2) is 53.4 Å². The Kier molecular flexibility index (Phi) is 6.53. The minimum atomic E-state index is 0.111. The molecule has 2 nitrogen and oxygen atoms in total. The number of ether oxygens (including phenoxy) is 1. The maximum Gasteiger partial charge on any atom is 0.159 e. The van der Waals surface area contributed by atoms with Gasteiger partial charge in [0, 0.05) is 16.2 Å². The Labute approximate surface area is 136 Å². The van der Waals surface area contributed by atoms with Gasteiger partial charge in [-0.25, -0.2) is 0 Å². The van der Waals surface area contributed by atoms with Gasteiger partial charge in [0.1, 0.15) is 5.75 Å². The average molecular weight is 314 g/mol. The zero-order chi connectivity index (χ0) is 15.8. The van der Waals surface area contributed by atoms with E-state index in [2.05, 4.69) is 13.0 Å². The van der Waals surface area contributed by atoms with Crippen LogP contribution in [-0.2, 0) is 6.42 Å². The van der Waals surface area contributed by atoms with Gasteiger partial charge < -0.3 is 4.74 Å². The molecule has 2 aromatic carbocycles. The Hall–Kier alpha value is -1.74.